The Morgan fingerprint density at radius 2 is 1.75 bits per heavy atom. The van der Waals surface area contributed by atoms with Crippen LogP contribution in [-0.2, 0) is 5.41 Å². The first-order chi connectivity index (χ1) is 11.3. The largest absolute Gasteiger partial charge is 0.493 e. The molecular weight excluding hydrogens is 304 g/mol. The molecule has 4 nitrogen and oxygen atoms in total. The third kappa shape index (κ3) is 3.70. The van der Waals surface area contributed by atoms with E-state index in [1.165, 1.54) is 18.7 Å². The summed E-state index contributed by atoms with van der Waals surface area (Å²) in [4.78, 5) is 11.4. The average Bonchev–Trinajstić information content (AvgIpc) is 2.54. The van der Waals surface area contributed by atoms with Crippen molar-refractivity contribution in [1.82, 2.24) is 0 Å². The van der Waals surface area contributed by atoms with Gasteiger partial charge in [0.25, 0.3) is 0 Å². The van der Waals surface area contributed by atoms with Crippen molar-refractivity contribution in [2.45, 2.75) is 33.1 Å². The van der Waals surface area contributed by atoms with Gasteiger partial charge < -0.3 is 14.6 Å². The second-order valence-corrected chi connectivity index (χ2v) is 6.62. The number of benzene rings is 2. The van der Waals surface area contributed by atoms with Gasteiger partial charge in [0.2, 0.25) is 0 Å². The van der Waals surface area contributed by atoms with E-state index in [2.05, 4.69) is 32.9 Å². The van der Waals surface area contributed by atoms with Gasteiger partial charge in [0.05, 0.1) is 19.3 Å². The molecule has 0 bridgehead atoms. The Kier molecular flexibility index (Phi) is 5.17. The zero-order chi connectivity index (χ0) is 17.9. The number of ether oxygens (including phenoxy) is 2. The highest BCUT2D eigenvalue weighted by Gasteiger charge is 2.19. The van der Waals surface area contributed by atoms with E-state index in [9.17, 15) is 9.90 Å². The fourth-order valence-electron chi connectivity index (χ4n) is 2.53. The van der Waals surface area contributed by atoms with Gasteiger partial charge in [-0.1, -0.05) is 45.0 Å². The fourth-order valence-corrected chi connectivity index (χ4v) is 2.53. The summed E-state index contributed by atoms with van der Waals surface area (Å²) in [6.07, 6.45) is 0. The van der Waals surface area contributed by atoms with Crippen LogP contribution in [0.3, 0.4) is 0 Å². The predicted molar refractivity (Wildman–Crippen MR) is 95.3 cm³/mol. The van der Waals surface area contributed by atoms with Crippen molar-refractivity contribution in [3.63, 3.8) is 0 Å². The lowest BCUT2D eigenvalue weighted by Gasteiger charge is -2.20. The number of aromatic carboxylic acids is 1. The normalized spacial score (nSPS) is 11.2. The monoisotopic (exact) mass is 328 g/mol. The van der Waals surface area contributed by atoms with Crippen LogP contribution in [-0.4, -0.2) is 24.8 Å². The van der Waals surface area contributed by atoms with Crippen molar-refractivity contribution in [2.75, 3.05) is 13.7 Å². The number of methoxy groups -OCH3 is 1. The van der Waals surface area contributed by atoms with Crippen molar-refractivity contribution < 1.29 is 19.4 Å². The van der Waals surface area contributed by atoms with Gasteiger partial charge >= 0.3 is 5.97 Å². The van der Waals surface area contributed by atoms with E-state index in [0.717, 1.165) is 5.56 Å². The number of hydrogen-bond acceptors (Lipinski definition) is 3. The number of carbonyl (C=O) groups is 1. The van der Waals surface area contributed by atoms with Crippen LogP contribution in [0.4, 0.5) is 0 Å². The van der Waals surface area contributed by atoms with Gasteiger partial charge in [-0.25, -0.2) is 4.79 Å². The molecule has 0 spiro atoms. The van der Waals surface area contributed by atoms with Crippen LogP contribution in [0.1, 0.15) is 43.6 Å². The zero-order valence-corrected chi connectivity index (χ0v) is 14.8. The summed E-state index contributed by atoms with van der Waals surface area (Å²) in [5.74, 6) is -0.0101. The summed E-state index contributed by atoms with van der Waals surface area (Å²) in [6.45, 7) is 8.82. The molecule has 0 heterocycles. The summed E-state index contributed by atoms with van der Waals surface area (Å²) < 4.78 is 11.1. The summed E-state index contributed by atoms with van der Waals surface area (Å²) in [7, 11) is 1.51. The van der Waals surface area contributed by atoms with E-state index in [1.807, 2.05) is 19.1 Å². The molecule has 24 heavy (non-hydrogen) atoms. The number of rotatable bonds is 5. The maximum atomic E-state index is 11.4. The summed E-state index contributed by atoms with van der Waals surface area (Å²) in [5.41, 5.74) is 3.06. The number of hydrogen-bond donors (Lipinski definition) is 1. The van der Waals surface area contributed by atoms with E-state index in [1.54, 1.807) is 6.07 Å². The molecule has 0 saturated carbocycles. The molecule has 0 unspecified atom stereocenters. The Morgan fingerprint density at radius 1 is 1.12 bits per heavy atom. The molecular formula is C20H24O4. The standard InChI is InChI=1S/C20H24O4/c1-6-24-18-16(11-14(19(21)22)12-17(18)23-5)13-7-9-15(10-8-13)20(2,3)4/h7-12H,6H2,1-5H3,(H,21,22). The third-order valence-corrected chi connectivity index (χ3v) is 3.87. The van der Waals surface area contributed by atoms with Crippen LogP contribution in [0.15, 0.2) is 36.4 Å². The van der Waals surface area contributed by atoms with E-state index < -0.39 is 5.97 Å². The maximum absolute atomic E-state index is 11.4. The van der Waals surface area contributed by atoms with Gasteiger partial charge in [-0.05, 0) is 35.6 Å². The Hall–Kier alpha value is -2.49. The molecule has 0 amide bonds. The van der Waals surface area contributed by atoms with Gasteiger partial charge in [-0.15, -0.1) is 0 Å². The third-order valence-electron chi connectivity index (χ3n) is 3.87. The van der Waals surface area contributed by atoms with E-state index >= 15 is 0 Å². The lowest BCUT2D eigenvalue weighted by Crippen LogP contribution is -2.10. The van der Waals surface area contributed by atoms with Crippen molar-refractivity contribution in [3.05, 3.63) is 47.5 Å². The molecule has 128 valence electrons. The molecule has 0 aliphatic rings. The van der Waals surface area contributed by atoms with Crippen LogP contribution in [0.5, 0.6) is 11.5 Å². The molecule has 0 aliphatic heterocycles. The van der Waals surface area contributed by atoms with Crippen molar-refractivity contribution in [1.29, 1.82) is 0 Å². The molecule has 0 aromatic heterocycles. The van der Waals surface area contributed by atoms with Crippen LogP contribution >= 0.6 is 0 Å². The van der Waals surface area contributed by atoms with Crippen LogP contribution in [0.2, 0.25) is 0 Å². The average molecular weight is 328 g/mol. The maximum Gasteiger partial charge on any atom is 0.335 e. The van der Waals surface area contributed by atoms with Gasteiger partial charge in [0.15, 0.2) is 11.5 Å². The lowest BCUT2D eigenvalue weighted by atomic mass is 9.86. The number of carboxylic acid groups (broad SMARTS) is 1. The topological polar surface area (TPSA) is 55.8 Å². The van der Waals surface area contributed by atoms with Gasteiger partial charge in [-0.2, -0.15) is 0 Å². The van der Waals surface area contributed by atoms with E-state index in [4.69, 9.17) is 9.47 Å². The molecule has 2 rings (SSSR count). The van der Waals surface area contributed by atoms with E-state index in [-0.39, 0.29) is 11.0 Å². The van der Waals surface area contributed by atoms with E-state index in [0.29, 0.717) is 23.7 Å². The Balaban J connectivity index is 2.62. The highest BCUT2D eigenvalue weighted by molar-refractivity contribution is 5.92. The molecule has 0 fully saturated rings. The highest BCUT2D eigenvalue weighted by atomic mass is 16.5. The molecule has 0 atom stereocenters. The Morgan fingerprint density at radius 3 is 2.21 bits per heavy atom. The molecule has 2 aromatic carbocycles. The lowest BCUT2D eigenvalue weighted by molar-refractivity contribution is 0.0696. The Bertz CT molecular complexity index is 725. The first-order valence-corrected chi connectivity index (χ1v) is 7.97. The first kappa shape index (κ1) is 17.9. The second kappa shape index (κ2) is 6.95. The van der Waals surface area contributed by atoms with Gasteiger partial charge in [0, 0.05) is 5.56 Å². The smallest absolute Gasteiger partial charge is 0.335 e. The minimum atomic E-state index is -0.996. The minimum Gasteiger partial charge on any atom is -0.493 e. The first-order valence-electron chi connectivity index (χ1n) is 7.97. The van der Waals surface area contributed by atoms with Crippen LogP contribution in [0, 0.1) is 0 Å². The fraction of sp³-hybridized carbons (Fsp3) is 0.350. The summed E-state index contributed by atoms with van der Waals surface area (Å²) in [5, 5.41) is 9.35. The number of carboxylic acids is 1. The van der Waals surface area contributed by atoms with Gasteiger partial charge in [-0.3, -0.25) is 0 Å². The van der Waals surface area contributed by atoms with Crippen LogP contribution in [0.25, 0.3) is 11.1 Å². The molecule has 0 saturated heterocycles. The molecule has 0 radical (unpaired) electrons. The van der Waals surface area contributed by atoms with Crippen molar-refractivity contribution >= 4 is 5.97 Å². The quantitative estimate of drug-likeness (QED) is 0.860. The summed E-state index contributed by atoms with van der Waals surface area (Å²) >= 11 is 0. The minimum absolute atomic E-state index is 0.0574. The SMILES string of the molecule is CCOc1c(OC)cc(C(=O)O)cc1-c1ccc(C(C)(C)C)cc1. The Labute approximate surface area is 143 Å². The van der Waals surface area contributed by atoms with Crippen molar-refractivity contribution in [3.8, 4) is 22.6 Å². The molecule has 2 aromatic rings. The van der Waals surface area contributed by atoms with Crippen LogP contribution < -0.4 is 9.47 Å². The zero-order valence-electron chi connectivity index (χ0n) is 14.8. The highest BCUT2D eigenvalue weighted by Crippen LogP contribution is 2.40. The van der Waals surface area contributed by atoms with Gasteiger partial charge in [0.1, 0.15) is 0 Å². The molecule has 1 N–H and O–H groups in total. The second-order valence-electron chi connectivity index (χ2n) is 6.62. The van der Waals surface area contributed by atoms with Crippen molar-refractivity contribution in [2.24, 2.45) is 0 Å². The molecule has 4 heteroatoms. The predicted octanol–water partition coefficient (Wildman–Crippen LogP) is 4.76. The summed E-state index contributed by atoms with van der Waals surface area (Å²) in [6, 6.07) is 11.2. The molecule has 0 aliphatic carbocycles.